The van der Waals surface area contributed by atoms with Crippen LogP contribution in [0.2, 0.25) is 5.02 Å². The largest absolute Gasteiger partial charge is 0.507 e. The van der Waals surface area contributed by atoms with Crippen LogP contribution in [0, 0.1) is 0 Å². The molecule has 1 N–H and O–H groups in total. The summed E-state index contributed by atoms with van der Waals surface area (Å²) in [5, 5.41) is 13.8. The summed E-state index contributed by atoms with van der Waals surface area (Å²) in [5.74, 6) is -1.61. The number of carbonyl (C=O) groups excluding carboxylic acids is 2. The maximum absolute atomic E-state index is 13.2. The number of amides is 1. The van der Waals surface area contributed by atoms with E-state index in [4.69, 9.17) is 11.6 Å². The first-order valence-electron chi connectivity index (χ1n) is 10.2. The predicted octanol–water partition coefficient (Wildman–Crippen LogP) is 6.12. The molecular formula is C27H18ClNO3. The van der Waals surface area contributed by atoms with Gasteiger partial charge in [0.1, 0.15) is 5.76 Å². The summed E-state index contributed by atoms with van der Waals surface area (Å²) >= 11 is 6.07. The van der Waals surface area contributed by atoms with Crippen LogP contribution in [0.3, 0.4) is 0 Å². The average Bonchev–Trinajstić information content (AvgIpc) is 3.09. The fourth-order valence-electron chi connectivity index (χ4n) is 4.14. The van der Waals surface area contributed by atoms with Crippen LogP contribution in [0.1, 0.15) is 17.2 Å². The lowest BCUT2D eigenvalue weighted by Gasteiger charge is -2.25. The highest BCUT2D eigenvalue weighted by atomic mass is 35.5. The fourth-order valence-corrected chi connectivity index (χ4v) is 4.27. The summed E-state index contributed by atoms with van der Waals surface area (Å²) in [7, 11) is 0. The van der Waals surface area contributed by atoms with E-state index >= 15 is 0 Å². The third-order valence-corrected chi connectivity index (χ3v) is 5.94. The monoisotopic (exact) mass is 439 g/mol. The van der Waals surface area contributed by atoms with Gasteiger partial charge in [0.15, 0.2) is 0 Å². The molecule has 1 atom stereocenters. The van der Waals surface area contributed by atoms with Crippen LogP contribution in [0.25, 0.3) is 16.5 Å². The number of halogens is 1. The first-order valence-corrected chi connectivity index (χ1v) is 10.5. The standard InChI is InChI=1S/C27H18ClNO3/c28-21-14-12-18(13-15-21)24-23(26(31)27(32)29(24)22-8-2-1-3-9-22)25(30)20-11-10-17-6-4-5-7-19(17)16-20/h1-16,24,30H/b25-23-. The minimum atomic E-state index is -0.777. The molecule has 1 aliphatic rings. The Morgan fingerprint density at radius 2 is 1.44 bits per heavy atom. The van der Waals surface area contributed by atoms with Crippen LogP contribution in [-0.2, 0) is 9.59 Å². The van der Waals surface area contributed by atoms with Gasteiger partial charge in [-0.15, -0.1) is 0 Å². The van der Waals surface area contributed by atoms with E-state index in [1.54, 1.807) is 54.6 Å². The number of hydrogen-bond donors (Lipinski definition) is 1. The van der Waals surface area contributed by atoms with E-state index in [9.17, 15) is 14.7 Å². The van der Waals surface area contributed by atoms with Gasteiger partial charge in [0, 0.05) is 16.3 Å². The molecule has 4 aromatic carbocycles. The number of ketones is 1. The van der Waals surface area contributed by atoms with Crippen molar-refractivity contribution in [2.24, 2.45) is 0 Å². The van der Waals surface area contributed by atoms with Gasteiger partial charge in [-0.05, 0) is 46.7 Å². The van der Waals surface area contributed by atoms with Gasteiger partial charge in [-0.3, -0.25) is 14.5 Å². The molecule has 1 saturated heterocycles. The van der Waals surface area contributed by atoms with Gasteiger partial charge < -0.3 is 5.11 Å². The van der Waals surface area contributed by atoms with E-state index in [0.717, 1.165) is 10.8 Å². The highest BCUT2D eigenvalue weighted by Crippen LogP contribution is 2.42. The number of rotatable bonds is 3. The molecule has 0 bridgehead atoms. The Bertz CT molecular complexity index is 1380. The molecule has 1 fully saturated rings. The number of hydrogen-bond acceptors (Lipinski definition) is 3. The van der Waals surface area contributed by atoms with Crippen molar-refractivity contribution in [3.05, 3.63) is 119 Å². The van der Waals surface area contributed by atoms with Crippen molar-refractivity contribution < 1.29 is 14.7 Å². The van der Waals surface area contributed by atoms with Crippen molar-refractivity contribution in [1.82, 2.24) is 0 Å². The lowest BCUT2D eigenvalue weighted by Crippen LogP contribution is -2.29. The Morgan fingerprint density at radius 1 is 0.781 bits per heavy atom. The molecule has 0 aliphatic carbocycles. The molecule has 156 valence electrons. The lowest BCUT2D eigenvalue weighted by atomic mass is 9.94. The van der Waals surface area contributed by atoms with Crippen molar-refractivity contribution in [2.75, 3.05) is 4.90 Å². The Balaban J connectivity index is 1.73. The van der Waals surface area contributed by atoms with Gasteiger partial charge in [-0.1, -0.05) is 78.3 Å². The molecule has 1 aliphatic heterocycles. The van der Waals surface area contributed by atoms with Crippen molar-refractivity contribution in [3.63, 3.8) is 0 Å². The second kappa shape index (κ2) is 7.98. The minimum absolute atomic E-state index is 0.0523. The van der Waals surface area contributed by atoms with Crippen LogP contribution in [0.5, 0.6) is 0 Å². The van der Waals surface area contributed by atoms with Crippen LogP contribution >= 0.6 is 11.6 Å². The summed E-state index contributed by atoms with van der Waals surface area (Å²) in [4.78, 5) is 27.7. The summed E-state index contributed by atoms with van der Waals surface area (Å²) in [5.41, 5.74) is 1.79. The normalized spacial score (nSPS) is 17.8. The van der Waals surface area contributed by atoms with Crippen molar-refractivity contribution in [3.8, 4) is 0 Å². The first-order chi connectivity index (χ1) is 15.5. The van der Waals surface area contributed by atoms with Gasteiger partial charge in [0.05, 0.1) is 11.6 Å². The van der Waals surface area contributed by atoms with Crippen LogP contribution < -0.4 is 4.90 Å². The molecule has 0 aromatic heterocycles. The van der Waals surface area contributed by atoms with E-state index in [2.05, 4.69) is 0 Å². The molecule has 4 nitrogen and oxygen atoms in total. The predicted molar refractivity (Wildman–Crippen MR) is 127 cm³/mol. The van der Waals surface area contributed by atoms with Gasteiger partial charge in [-0.25, -0.2) is 0 Å². The smallest absolute Gasteiger partial charge is 0.300 e. The number of aliphatic hydroxyl groups is 1. The molecule has 0 radical (unpaired) electrons. The third kappa shape index (κ3) is 3.35. The van der Waals surface area contributed by atoms with Gasteiger partial charge in [-0.2, -0.15) is 0 Å². The summed E-state index contributed by atoms with van der Waals surface area (Å²) in [6.07, 6.45) is 0. The van der Waals surface area contributed by atoms with Gasteiger partial charge in [0.2, 0.25) is 0 Å². The molecule has 0 saturated carbocycles. The van der Waals surface area contributed by atoms with Crippen molar-refractivity contribution >= 4 is 45.5 Å². The zero-order valence-corrected chi connectivity index (χ0v) is 17.7. The van der Waals surface area contributed by atoms with E-state index < -0.39 is 17.7 Å². The maximum Gasteiger partial charge on any atom is 0.300 e. The van der Waals surface area contributed by atoms with Crippen LogP contribution in [0.15, 0.2) is 103 Å². The minimum Gasteiger partial charge on any atom is -0.507 e. The number of carbonyl (C=O) groups is 2. The van der Waals surface area contributed by atoms with Gasteiger partial charge in [0.25, 0.3) is 11.7 Å². The Hall–Kier alpha value is -3.89. The zero-order valence-electron chi connectivity index (χ0n) is 16.9. The van der Waals surface area contributed by atoms with E-state index in [1.807, 2.05) is 42.5 Å². The Morgan fingerprint density at radius 3 is 2.16 bits per heavy atom. The van der Waals surface area contributed by atoms with Crippen LogP contribution in [-0.4, -0.2) is 16.8 Å². The molecule has 5 heteroatoms. The quantitative estimate of drug-likeness (QED) is 0.238. The Kier molecular flexibility index (Phi) is 5.00. The number of Topliss-reactive ketones (excluding diaryl/α,β-unsaturated/α-hetero) is 1. The third-order valence-electron chi connectivity index (χ3n) is 5.69. The molecule has 1 amide bonds. The number of benzene rings is 4. The molecule has 5 rings (SSSR count). The fraction of sp³-hybridized carbons (Fsp3) is 0.0370. The van der Waals surface area contributed by atoms with E-state index in [-0.39, 0.29) is 11.3 Å². The summed E-state index contributed by atoms with van der Waals surface area (Å²) in [6.45, 7) is 0. The van der Waals surface area contributed by atoms with E-state index in [1.165, 1.54) is 4.90 Å². The molecule has 1 unspecified atom stereocenters. The summed E-state index contributed by atoms with van der Waals surface area (Å²) < 4.78 is 0. The number of fused-ring (bicyclic) bond motifs is 1. The molecule has 1 heterocycles. The second-order valence-corrected chi connectivity index (χ2v) is 8.05. The Labute approximate surface area is 190 Å². The van der Waals surface area contributed by atoms with Crippen molar-refractivity contribution in [1.29, 1.82) is 0 Å². The molecule has 32 heavy (non-hydrogen) atoms. The molecular weight excluding hydrogens is 422 g/mol. The second-order valence-electron chi connectivity index (χ2n) is 7.62. The van der Waals surface area contributed by atoms with Crippen molar-refractivity contribution in [2.45, 2.75) is 6.04 Å². The maximum atomic E-state index is 13.2. The molecule has 0 spiro atoms. The highest BCUT2D eigenvalue weighted by Gasteiger charge is 2.46. The first kappa shape index (κ1) is 20.0. The van der Waals surface area contributed by atoms with E-state index in [0.29, 0.717) is 21.8 Å². The number of para-hydroxylation sites is 1. The van der Waals surface area contributed by atoms with Crippen LogP contribution in [0.4, 0.5) is 5.69 Å². The lowest BCUT2D eigenvalue weighted by molar-refractivity contribution is -0.132. The SMILES string of the molecule is O=C1C(=O)N(c2ccccc2)C(c2ccc(Cl)cc2)/C1=C(/O)c1ccc2ccccc2c1. The zero-order chi connectivity index (χ0) is 22.2. The molecule has 4 aromatic rings. The average molecular weight is 440 g/mol. The summed E-state index contributed by atoms with van der Waals surface area (Å²) in [6, 6.07) is 28.4. The van der Waals surface area contributed by atoms with Gasteiger partial charge >= 0.3 is 0 Å². The highest BCUT2D eigenvalue weighted by molar-refractivity contribution is 6.51. The number of aliphatic hydroxyl groups excluding tert-OH is 1. The topological polar surface area (TPSA) is 57.6 Å². The number of anilines is 1. The number of nitrogens with zero attached hydrogens (tertiary/aromatic N) is 1.